The van der Waals surface area contributed by atoms with Crippen LogP contribution in [0.25, 0.3) is 34.1 Å². The third-order valence-electron chi connectivity index (χ3n) is 9.24. The lowest BCUT2D eigenvalue weighted by molar-refractivity contribution is 0.613. The summed E-state index contributed by atoms with van der Waals surface area (Å²) in [4.78, 5) is 0. The summed E-state index contributed by atoms with van der Waals surface area (Å²) >= 11 is 7.25. The third-order valence-corrected chi connectivity index (χ3v) is 9.73. The zero-order valence-electron chi connectivity index (χ0n) is 29.4. The summed E-state index contributed by atoms with van der Waals surface area (Å²) in [7, 11) is 0. The standard InChI is InChI=1S/C45H52ClN/c1-7-9-18-36-39(27-23-32(3)4)37-19-11-12-20-38(37)40(36)28-25-34-16-15-17-35(45(34)46)26-30-44-42-22-14-13-21-41(42)43(29-24-33(5)6)47(44)31-10-8-2/h11-14,19-30H,7-10,15-18,31H2,1-6H3/b28-25+,35-26+,39-27-,43-29+,44-30+. The van der Waals surface area contributed by atoms with E-state index in [-0.39, 0.29) is 0 Å². The maximum atomic E-state index is 7.25. The second-order valence-electron chi connectivity index (χ2n) is 13.5. The first-order chi connectivity index (χ1) is 22.8. The van der Waals surface area contributed by atoms with E-state index in [1.54, 1.807) is 0 Å². The molecule has 244 valence electrons. The van der Waals surface area contributed by atoms with Gasteiger partial charge in [0.15, 0.2) is 0 Å². The number of nitrogens with zero attached hydrogens (tertiary/aromatic N) is 1. The van der Waals surface area contributed by atoms with Crippen LogP contribution in [0.4, 0.5) is 0 Å². The predicted octanol–water partition coefficient (Wildman–Crippen LogP) is 12.1. The fraction of sp³-hybridized carbons (Fsp3) is 0.333. The highest BCUT2D eigenvalue weighted by molar-refractivity contribution is 6.32. The summed E-state index contributed by atoms with van der Waals surface area (Å²) in [5.41, 5.74) is 11.9. The van der Waals surface area contributed by atoms with Crippen molar-refractivity contribution in [3.05, 3.63) is 140 Å². The highest BCUT2D eigenvalue weighted by Gasteiger charge is 2.24. The van der Waals surface area contributed by atoms with Crippen molar-refractivity contribution in [1.29, 1.82) is 0 Å². The number of hydrogen-bond donors (Lipinski definition) is 0. The zero-order chi connectivity index (χ0) is 33.3. The van der Waals surface area contributed by atoms with Gasteiger partial charge in [-0.15, -0.1) is 0 Å². The molecule has 2 aliphatic rings. The van der Waals surface area contributed by atoms with E-state index in [0.717, 1.165) is 50.1 Å². The highest BCUT2D eigenvalue weighted by atomic mass is 35.5. The smallest absolute Gasteiger partial charge is 0.0491 e. The van der Waals surface area contributed by atoms with Crippen LogP contribution in [0.3, 0.4) is 0 Å². The molecular weight excluding hydrogens is 590 g/mol. The third kappa shape index (κ3) is 8.02. The predicted molar refractivity (Wildman–Crippen MR) is 209 cm³/mol. The van der Waals surface area contributed by atoms with Crippen LogP contribution in [0, 0.1) is 0 Å². The molecule has 0 saturated heterocycles. The van der Waals surface area contributed by atoms with Crippen molar-refractivity contribution in [3.63, 3.8) is 0 Å². The molecule has 0 bridgehead atoms. The number of aromatic nitrogens is 1. The van der Waals surface area contributed by atoms with Gasteiger partial charge in [-0.2, -0.15) is 0 Å². The van der Waals surface area contributed by atoms with E-state index in [0.29, 0.717) is 0 Å². The molecule has 0 radical (unpaired) electrons. The van der Waals surface area contributed by atoms with Crippen molar-refractivity contribution in [3.8, 4) is 0 Å². The van der Waals surface area contributed by atoms with Crippen LogP contribution in [0.5, 0.6) is 0 Å². The van der Waals surface area contributed by atoms with E-state index in [4.69, 9.17) is 11.6 Å². The molecule has 5 rings (SSSR count). The lowest BCUT2D eigenvalue weighted by Gasteiger charge is -2.17. The van der Waals surface area contributed by atoms with Crippen molar-refractivity contribution in [2.24, 2.45) is 0 Å². The average molecular weight is 642 g/mol. The molecule has 2 aliphatic carbocycles. The fourth-order valence-electron chi connectivity index (χ4n) is 6.76. The number of unbranched alkanes of at least 4 members (excludes halogenated alkanes) is 2. The summed E-state index contributed by atoms with van der Waals surface area (Å²) in [5.74, 6) is 0. The largest absolute Gasteiger partial charge is 0.340 e. The maximum Gasteiger partial charge on any atom is 0.0491 e. The Balaban J connectivity index is 1.59. The van der Waals surface area contributed by atoms with Gasteiger partial charge in [-0.25, -0.2) is 0 Å². The van der Waals surface area contributed by atoms with Crippen molar-refractivity contribution in [2.75, 3.05) is 0 Å². The Hall–Kier alpha value is -3.81. The Morgan fingerprint density at radius 2 is 1.36 bits per heavy atom. The molecule has 0 N–H and O–H groups in total. The molecule has 0 atom stereocenters. The minimum absolute atomic E-state index is 0.915. The fourth-order valence-corrected chi connectivity index (χ4v) is 7.08. The maximum absolute atomic E-state index is 7.25. The van der Waals surface area contributed by atoms with Crippen LogP contribution in [0.1, 0.15) is 104 Å². The number of rotatable bonds is 11. The van der Waals surface area contributed by atoms with Gasteiger partial charge in [0.1, 0.15) is 0 Å². The zero-order valence-corrected chi connectivity index (χ0v) is 30.2. The van der Waals surface area contributed by atoms with Crippen molar-refractivity contribution in [1.82, 2.24) is 4.57 Å². The normalized spacial score (nSPS) is 17.6. The molecule has 0 spiro atoms. The summed E-state index contributed by atoms with van der Waals surface area (Å²) in [5, 5.41) is 6.08. The number of benzene rings is 2. The molecule has 0 unspecified atom stereocenters. The topological polar surface area (TPSA) is 4.93 Å². The molecule has 47 heavy (non-hydrogen) atoms. The van der Waals surface area contributed by atoms with Gasteiger partial charge in [0.25, 0.3) is 0 Å². The summed E-state index contributed by atoms with van der Waals surface area (Å²) in [6.45, 7) is 14.2. The highest BCUT2D eigenvalue weighted by Crippen LogP contribution is 2.45. The summed E-state index contributed by atoms with van der Waals surface area (Å²) in [6.07, 6.45) is 27.2. The molecule has 1 aromatic heterocycles. The summed E-state index contributed by atoms with van der Waals surface area (Å²) < 4.78 is 2.51. The van der Waals surface area contributed by atoms with E-state index in [1.165, 1.54) is 84.5 Å². The average Bonchev–Trinajstić information content (AvgIpc) is 3.53. The Bertz CT molecular complexity index is 1950. The van der Waals surface area contributed by atoms with Gasteiger partial charge in [0.05, 0.1) is 0 Å². The van der Waals surface area contributed by atoms with Gasteiger partial charge in [-0.05, 0) is 117 Å². The van der Waals surface area contributed by atoms with Crippen LogP contribution in [-0.4, -0.2) is 4.57 Å². The molecule has 0 aliphatic heterocycles. The van der Waals surface area contributed by atoms with Crippen LogP contribution < -0.4 is 10.7 Å². The van der Waals surface area contributed by atoms with E-state index < -0.39 is 0 Å². The molecule has 3 aromatic rings. The second kappa shape index (κ2) is 16.3. The molecular formula is C45H52ClN. The van der Waals surface area contributed by atoms with E-state index in [2.05, 4.69) is 143 Å². The van der Waals surface area contributed by atoms with E-state index >= 15 is 0 Å². The molecule has 2 aromatic carbocycles. The molecule has 0 fully saturated rings. The first kappa shape index (κ1) is 34.5. The first-order valence-corrected chi connectivity index (χ1v) is 18.1. The van der Waals surface area contributed by atoms with Crippen molar-refractivity contribution >= 4 is 45.7 Å². The van der Waals surface area contributed by atoms with Gasteiger partial charge < -0.3 is 4.57 Å². The first-order valence-electron chi connectivity index (χ1n) is 17.7. The number of halogens is 1. The lowest BCUT2D eigenvalue weighted by Crippen LogP contribution is -2.27. The van der Waals surface area contributed by atoms with Gasteiger partial charge in [0, 0.05) is 33.0 Å². The molecule has 1 heterocycles. The number of hydrogen-bond acceptors (Lipinski definition) is 0. The van der Waals surface area contributed by atoms with E-state index in [1.807, 2.05) is 0 Å². The second-order valence-corrected chi connectivity index (χ2v) is 13.9. The molecule has 0 saturated carbocycles. The van der Waals surface area contributed by atoms with Gasteiger partial charge in [-0.3, -0.25) is 0 Å². The molecule has 0 amide bonds. The van der Waals surface area contributed by atoms with Gasteiger partial charge in [0.2, 0.25) is 0 Å². The summed E-state index contributed by atoms with van der Waals surface area (Å²) in [6, 6.07) is 17.7. The minimum atomic E-state index is 0.915. The Morgan fingerprint density at radius 3 is 2.04 bits per heavy atom. The van der Waals surface area contributed by atoms with Gasteiger partial charge in [-0.1, -0.05) is 134 Å². The monoisotopic (exact) mass is 641 g/mol. The van der Waals surface area contributed by atoms with Crippen LogP contribution in [-0.2, 0) is 6.54 Å². The van der Waals surface area contributed by atoms with Crippen LogP contribution >= 0.6 is 11.6 Å². The minimum Gasteiger partial charge on any atom is -0.340 e. The lowest BCUT2D eigenvalue weighted by atomic mass is 9.93. The Labute approximate surface area is 288 Å². The van der Waals surface area contributed by atoms with Gasteiger partial charge >= 0.3 is 0 Å². The molecule has 1 nitrogen and oxygen atoms in total. The number of fused-ring (bicyclic) bond motifs is 2. The number of allylic oxidation sites excluding steroid dienone is 14. The van der Waals surface area contributed by atoms with Crippen LogP contribution in [0.2, 0.25) is 0 Å². The Kier molecular flexibility index (Phi) is 12.0. The van der Waals surface area contributed by atoms with E-state index in [9.17, 15) is 0 Å². The molecule has 2 heteroatoms. The van der Waals surface area contributed by atoms with Crippen molar-refractivity contribution in [2.45, 2.75) is 99.5 Å². The van der Waals surface area contributed by atoms with Crippen LogP contribution in [0.15, 0.2) is 118 Å². The SMILES string of the molecule is CCCCC1=C(/C=C/C2=C(Cl)C(=C/C=c3\c4ccccc4/c(=C\C=C(C)C)n3CCCC)/CCC2)c2ccccc2/C1=C\C=C(C)C. The van der Waals surface area contributed by atoms with Crippen molar-refractivity contribution < 1.29 is 0 Å². The quantitative estimate of drug-likeness (QED) is 0.196. The Morgan fingerprint density at radius 1 is 0.723 bits per heavy atom.